The first-order valence-electron chi connectivity index (χ1n) is 12.5. The van der Waals surface area contributed by atoms with Crippen molar-refractivity contribution in [3.63, 3.8) is 0 Å². The molecule has 0 aromatic rings. The minimum absolute atomic E-state index is 0.188. The van der Waals surface area contributed by atoms with Crippen LogP contribution in [0.25, 0.3) is 0 Å². The van der Waals surface area contributed by atoms with Crippen molar-refractivity contribution in [3.05, 3.63) is 11.5 Å². The molecule has 2 rings (SSSR count). The monoisotopic (exact) mass is 482 g/mol. The van der Waals surface area contributed by atoms with Gasteiger partial charge in [0.1, 0.15) is 0 Å². The van der Waals surface area contributed by atoms with E-state index >= 15 is 0 Å². The molecule has 4 nitrogen and oxygen atoms in total. The van der Waals surface area contributed by atoms with Crippen LogP contribution < -0.4 is 0 Å². The van der Waals surface area contributed by atoms with Crippen LogP contribution in [0.2, 0.25) is 36.3 Å². The van der Waals surface area contributed by atoms with E-state index in [9.17, 15) is 0 Å². The third kappa shape index (κ3) is 6.39. The lowest BCUT2D eigenvalue weighted by Crippen LogP contribution is -2.49. The van der Waals surface area contributed by atoms with Crippen molar-refractivity contribution in [2.24, 2.45) is 0 Å². The summed E-state index contributed by atoms with van der Waals surface area (Å²) in [6, 6.07) is 0. The number of hydrogen-bond donors (Lipinski definition) is 0. The fraction of sp³-hybridized carbons (Fsp3) is 0.920. The molecular formula is C25H51BO4Si2. The summed E-state index contributed by atoms with van der Waals surface area (Å²) in [5, 5.41) is 0.381. The van der Waals surface area contributed by atoms with Gasteiger partial charge in [0.05, 0.1) is 23.4 Å². The van der Waals surface area contributed by atoms with Crippen LogP contribution in [-0.4, -0.2) is 47.2 Å². The highest BCUT2D eigenvalue weighted by atomic mass is 28.4. The smallest absolute Gasteiger partial charge is 0.414 e. The van der Waals surface area contributed by atoms with Gasteiger partial charge in [-0.15, -0.1) is 0 Å². The maximum atomic E-state index is 6.90. The molecule has 2 aliphatic rings. The number of hydrogen-bond acceptors (Lipinski definition) is 4. The maximum absolute atomic E-state index is 6.90. The van der Waals surface area contributed by atoms with Crippen LogP contribution in [-0.2, 0) is 18.2 Å². The minimum Gasteiger partial charge on any atom is -0.414 e. The lowest BCUT2D eigenvalue weighted by molar-refractivity contribution is 0.00578. The van der Waals surface area contributed by atoms with Gasteiger partial charge < -0.3 is 18.2 Å². The Labute approximate surface area is 201 Å². The molecule has 0 aromatic heterocycles. The highest BCUT2D eigenvalue weighted by molar-refractivity contribution is 6.74. The van der Waals surface area contributed by atoms with E-state index < -0.39 is 16.6 Å². The van der Waals surface area contributed by atoms with Gasteiger partial charge in [-0.1, -0.05) is 53.1 Å². The molecule has 7 heteroatoms. The SMILES string of the molecule is CC1(C)OB(C=C2C[C@@H](O[Si](C)(C)C(C)(C)C)C[C@H](O[Si](C)(C)C(C)(C)C)C2)OC1(C)C. The quantitative estimate of drug-likeness (QED) is 0.380. The Morgan fingerprint density at radius 1 is 0.781 bits per heavy atom. The van der Waals surface area contributed by atoms with E-state index in [1.807, 2.05) is 0 Å². The molecule has 0 unspecified atom stereocenters. The Morgan fingerprint density at radius 3 is 1.44 bits per heavy atom. The second-order valence-corrected chi connectivity index (χ2v) is 23.6. The zero-order valence-electron chi connectivity index (χ0n) is 23.6. The van der Waals surface area contributed by atoms with Gasteiger partial charge in [0.25, 0.3) is 0 Å². The lowest BCUT2D eigenvalue weighted by atomic mass is 9.80. The molecule has 32 heavy (non-hydrogen) atoms. The van der Waals surface area contributed by atoms with Crippen LogP contribution in [0.4, 0.5) is 0 Å². The topological polar surface area (TPSA) is 36.9 Å². The fourth-order valence-electron chi connectivity index (χ4n) is 3.78. The summed E-state index contributed by atoms with van der Waals surface area (Å²) >= 11 is 0. The van der Waals surface area contributed by atoms with E-state index in [2.05, 4.69) is 101 Å². The highest BCUT2D eigenvalue weighted by Crippen LogP contribution is 2.44. The van der Waals surface area contributed by atoms with Gasteiger partial charge in [0.2, 0.25) is 0 Å². The lowest BCUT2D eigenvalue weighted by Gasteiger charge is -2.45. The average molecular weight is 483 g/mol. The summed E-state index contributed by atoms with van der Waals surface area (Å²) in [5.74, 6) is 2.21. The molecule has 0 bridgehead atoms. The molecule has 0 spiro atoms. The number of rotatable bonds is 5. The van der Waals surface area contributed by atoms with Gasteiger partial charge in [-0.2, -0.15) is 0 Å². The Hall–Kier alpha value is 0.0787. The molecule has 0 radical (unpaired) electrons. The predicted molar refractivity (Wildman–Crippen MR) is 142 cm³/mol. The molecule has 1 saturated carbocycles. The first-order valence-corrected chi connectivity index (χ1v) is 18.3. The van der Waals surface area contributed by atoms with Gasteiger partial charge in [0, 0.05) is 0 Å². The first kappa shape index (κ1) is 28.3. The molecule has 1 aliphatic heterocycles. The fourth-order valence-corrected chi connectivity index (χ4v) is 6.51. The predicted octanol–water partition coefficient (Wildman–Crippen LogP) is 7.51. The van der Waals surface area contributed by atoms with E-state index in [1.165, 1.54) is 5.57 Å². The van der Waals surface area contributed by atoms with Crippen LogP contribution in [0.3, 0.4) is 0 Å². The Balaban J connectivity index is 2.28. The Kier molecular flexibility index (Phi) is 7.91. The van der Waals surface area contributed by atoms with Crippen LogP contribution in [0.5, 0.6) is 0 Å². The first-order chi connectivity index (χ1) is 14.1. The molecule has 0 amide bonds. The van der Waals surface area contributed by atoms with Crippen molar-refractivity contribution in [2.75, 3.05) is 0 Å². The molecule has 0 N–H and O–H groups in total. The van der Waals surface area contributed by atoms with Crippen molar-refractivity contribution >= 4 is 23.8 Å². The summed E-state index contributed by atoms with van der Waals surface area (Å²) < 4.78 is 26.4. The van der Waals surface area contributed by atoms with Gasteiger partial charge in [-0.05, 0) is 83.2 Å². The summed E-state index contributed by atoms with van der Waals surface area (Å²) in [5.41, 5.74) is 0.705. The second-order valence-electron chi connectivity index (χ2n) is 14.1. The molecule has 1 heterocycles. The molecule has 1 saturated heterocycles. The van der Waals surface area contributed by atoms with Gasteiger partial charge in [0.15, 0.2) is 16.6 Å². The van der Waals surface area contributed by atoms with E-state index in [1.54, 1.807) is 0 Å². The molecular weight excluding hydrogens is 431 g/mol. The van der Waals surface area contributed by atoms with E-state index in [-0.39, 0.29) is 40.6 Å². The summed E-state index contributed by atoms with van der Waals surface area (Å²) in [6.45, 7) is 31.7. The van der Waals surface area contributed by atoms with E-state index in [4.69, 9.17) is 18.2 Å². The van der Waals surface area contributed by atoms with Crippen LogP contribution in [0.15, 0.2) is 11.5 Å². The van der Waals surface area contributed by atoms with Crippen LogP contribution >= 0.6 is 0 Å². The van der Waals surface area contributed by atoms with Crippen LogP contribution in [0.1, 0.15) is 88.5 Å². The standard InChI is InChI=1S/C25H51BO4Si2/c1-22(2,3)31(11,12)27-20-15-19(18-26-29-24(7,8)25(9,10)30-26)16-21(17-20)28-32(13,14)23(4,5)6/h18,20-21H,15-17H2,1-14H3/t20-,21-/m1/s1. The normalized spacial score (nSPS) is 27.1. The summed E-state index contributed by atoms with van der Waals surface area (Å²) in [6.07, 6.45) is 3.22. The summed E-state index contributed by atoms with van der Waals surface area (Å²) in [4.78, 5) is 0. The van der Waals surface area contributed by atoms with Crippen molar-refractivity contribution < 1.29 is 18.2 Å². The van der Waals surface area contributed by atoms with E-state index in [0.717, 1.165) is 19.3 Å². The largest absolute Gasteiger partial charge is 0.487 e. The Bertz CT molecular complexity index is 648. The second kappa shape index (κ2) is 8.94. The molecule has 0 aromatic carbocycles. The molecule has 186 valence electrons. The third-order valence-corrected chi connectivity index (χ3v) is 17.8. The van der Waals surface area contributed by atoms with Gasteiger partial charge in [-0.25, -0.2) is 0 Å². The third-order valence-electron chi connectivity index (χ3n) is 8.68. The van der Waals surface area contributed by atoms with Crippen molar-refractivity contribution in [1.29, 1.82) is 0 Å². The highest BCUT2D eigenvalue weighted by Gasteiger charge is 2.51. The average Bonchev–Trinajstić information content (AvgIpc) is 2.70. The molecule has 2 fully saturated rings. The minimum atomic E-state index is -1.87. The van der Waals surface area contributed by atoms with Crippen molar-refractivity contribution in [3.8, 4) is 0 Å². The zero-order chi connectivity index (χ0) is 25.0. The zero-order valence-corrected chi connectivity index (χ0v) is 25.6. The van der Waals surface area contributed by atoms with Crippen molar-refractivity contribution in [1.82, 2.24) is 0 Å². The van der Waals surface area contributed by atoms with Gasteiger partial charge >= 0.3 is 7.12 Å². The van der Waals surface area contributed by atoms with Crippen molar-refractivity contribution in [2.45, 2.75) is 148 Å². The van der Waals surface area contributed by atoms with E-state index in [0.29, 0.717) is 0 Å². The summed E-state index contributed by atoms with van der Waals surface area (Å²) in [7, 11) is -4.05. The molecule has 1 aliphatic carbocycles. The van der Waals surface area contributed by atoms with Crippen LogP contribution in [0, 0.1) is 0 Å². The maximum Gasteiger partial charge on any atom is 0.487 e. The van der Waals surface area contributed by atoms with Gasteiger partial charge in [-0.3, -0.25) is 0 Å². The molecule has 2 atom stereocenters. The Morgan fingerprint density at radius 2 is 1.12 bits per heavy atom.